The standard InChI is InChI=1S/C16H21ClN4O4/c17-12-5-10(19-8-3-1-2-4-8)9-6-18-21(15(9)20-12)16-14(24)13(23)11(7-22)25-16/h5-6,8,11,13-14,16,22-24H,1-4,7H2,(H,19,20)/t11-,13-,14-,16-/m1/s1. The first-order valence-electron chi connectivity index (χ1n) is 8.51. The fraction of sp³-hybridized carbons (Fsp3) is 0.625. The summed E-state index contributed by atoms with van der Waals surface area (Å²) >= 11 is 6.18. The molecule has 1 saturated carbocycles. The van der Waals surface area contributed by atoms with Gasteiger partial charge in [-0.15, -0.1) is 0 Å². The first-order chi connectivity index (χ1) is 12.1. The molecule has 0 aromatic carbocycles. The summed E-state index contributed by atoms with van der Waals surface area (Å²) in [6.07, 6.45) is 2.09. The summed E-state index contributed by atoms with van der Waals surface area (Å²) in [4.78, 5) is 4.32. The number of nitrogens with one attached hydrogen (secondary N) is 1. The molecule has 136 valence electrons. The topological polar surface area (TPSA) is 113 Å². The number of aliphatic hydroxyl groups is 3. The molecule has 0 unspecified atom stereocenters. The minimum atomic E-state index is -1.22. The van der Waals surface area contributed by atoms with Crippen molar-refractivity contribution in [3.8, 4) is 0 Å². The number of pyridine rings is 1. The van der Waals surface area contributed by atoms with E-state index in [-0.39, 0.29) is 0 Å². The van der Waals surface area contributed by atoms with E-state index < -0.39 is 31.1 Å². The summed E-state index contributed by atoms with van der Waals surface area (Å²) in [5.41, 5.74) is 1.31. The van der Waals surface area contributed by atoms with Gasteiger partial charge in [-0.3, -0.25) is 0 Å². The molecule has 1 aliphatic carbocycles. The van der Waals surface area contributed by atoms with Crippen molar-refractivity contribution in [2.45, 2.75) is 56.3 Å². The van der Waals surface area contributed by atoms with Gasteiger partial charge in [0.25, 0.3) is 0 Å². The molecule has 2 aliphatic rings. The molecule has 0 amide bonds. The van der Waals surface area contributed by atoms with E-state index >= 15 is 0 Å². The van der Waals surface area contributed by atoms with Crippen molar-refractivity contribution in [3.05, 3.63) is 17.4 Å². The zero-order valence-corrected chi connectivity index (χ0v) is 14.3. The van der Waals surface area contributed by atoms with E-state index in [0.29, 0.717) is 16.8 Å². The maximum atomic E-state index is 10.2. The quantitative estimate of drug-likeness (QED) is 0.596. The second-order valence-electron chi connectivity index (χ2n) is 6.67. The number of hydrogen-bond acceptors (Lipinski definition) is 7. The lowest BCUT2D eigenvalue weighted by Crippen LogP contribution is -2.33. The SMILES string of the molecule is OC[C@H]1O[C@@H](n2ncc3c(NC4CCCC4)cc(Cl)nc32)[C@H](O)[C@@H]1O. The van der Waals surface area contributed by atoms with Crippen LogP contribution in [0.5, 0.6) is 0 Å². The van der Waals surface area contributed by atoms with Crippen LogP contribution in [0.15, 0.2) is 12.3 Å². The third-order valence-corrected chi connectivity index (χ3v) is 5.20. The maximum absolute atomic E-state index is 10.2. The summed E-state index contributed by atoms with van der Waals surface area (Å²) in [6.45, 7) is -0.392. The largest absolute Gasteiger partial charge is 0.394 e. The van der Waals surface area contributed by atoms with Crippen molar-refractivity contribution in [1.82, 2.24) is 14.8 Å². The predicted octanol–water partition coefficient (Wildman–Crippen LogP) is 1.05. The van der Waals surface area contributed by atoms with Gasteiger partial charge in [-0.25, -0.2) is 9.67 Å². The first kappa shape index (κ1) is 17.0. The number of ether oxygens (including phenoxy) is 1. The number of halogens is 1. The molecule has 0 radical (unpaired) electrons. The third kappa shape index (κ3) is 2.98. The van der Waals surface area contributed by atoms with Crippen LogP contribution in [-0.2, 0) is 4.74 Å². The van der Waals surface area contributed by atoms with Gasteiger partial charge in [0.05, 0.1) is 23.9 Å². The van der Waals surface area contributed by atoms with Crippen LogP contribution in [0.4, 0.5) is 5.69 Å². The lowest BCUT2D eigenvalue weighted by Gasteiger charge is -2.17. The van der Waals surface area contributed by atoms with Gasteiger partial charge in [0.15, 0.2) is 11.9 Å². The number of hydrogen-bond donors (Lipinski definition) is 4. The maximum Gasteiger partial charge on any atom is 0.181 e. The lowest BCUT2D eigenvalue weighted by molar-refractivity contribution is -0.0566. The highest BCUT2D eigenvalue weighted by molar-refractivity contribution is 6.30. The van der Waals surface area contributed by atoms with E-state index in [1.807, 2.05) is 0 Å². The molecule has 8 nitrogen and oxygen atoms in total. The Kier molecular flexibility index (Phi) is 4.55. The average Bonchev–Trinajstić information content (AvgIpc) is 3.29. The van der Waals surface area contributed by atoms with Gasteiger partial charge < -0.3 is 25.4 Å². The number of rotatable bonds is 4. The fourth-order valence-corrected chi connectivity index (χ4v) is 3.85. The molecule has 4 N–H and O–H groups in total. The minimum absolute atomic E-state index is 0.307. The Hall–Kier alpha value is -1.45. The molecule has 4 atom stereocenters. The van der Waals surface area contributed by atoms with Crippen LogP contribution >= 0.6 is 11.6 Å². The van der Waals surface area contributed by atoms with E-state index in [0.717, 1.165) is 23.9 Å². The number of fused-ring (bicyclic) bond motifs is 1. The molecule has 2 fully saturated rings. The predicted molar refractivity (Wildman–Crippen MR) is 91.4 cm³/mol. The highest BCUT2D eigenvalue weighted by Crippen LogP contribution is 2.34. The van der Waals surface area contributed by atoms with Crippen molar-refractivity contribution >= 4 is 28.3 Å². The molecule has 1 aliphatic heterocycles. The fourth-order valence-electron chi connectivity index (χ4n) is 3.67. The van der Waals surface area contributed by atoms with Crippen LogP contribution in [-0.4, -0.2) is 61.0 Å². The Morgan fingerprint density at radius 3 is 2.72 bits per heavy atom. The Morgan fingerprint density at radius 2 is 2.04 bits per heavy atom. The van der Waals surface area contributed by atoms with E-state index in [1.165, 1.54) is 17.5 Å². The van der Waals surface area contributed by atoms with Gasteiger partial charge in [0, 0.05) is 6.04 Å². The average molecular weight is 369 g/mol. The number of aromatic nitrogens is 3. The van der Waals surface area contributed by atoms with Crippen LogP contribution in [0.3, 0.4) is 0 Å². The van der Waals surface area contributed by atoms with Gasteiger partial charge in [-0.1, -0.05) is 24.4 Å². The summed E-state index contributed by atoms with van der Waals surface area (Å²) < 4.78 is 6.96. The highest BCUT2D eigenvalue weighted by atomic mass is 35.5. The summed E-state index contributed by atoms with van der Waals surface area (Å²) in [7, 11) is 0. The summed E-state index contributed by atoms with van der Waals surface area (Å²) in [5, 5.41) is 38.3. The Balaban J connectivity index is 1.70. The van der Waals surface area contributed by atoms with Crippen molar-refractivity contribution < 1.29 is 20.1 Å². The zero-order valence-electron chi connectivity index (χ0n) is 13.5. The third-order valence-electron chi connectivity index (χ3n) is 5.01. The number of anilines is 1. The first-order valence-corrected chi connectivity index (χ1v) is 8.89. The van der Waals surface area contributed by atoms with Crippen molar-refractivity contribution in [2.75, 3.05) is 11.9 Å². The van der Waals surface area contributed by atoms with Gasteiger partial charge >= 0.3 is 0 Å². The number of nitrogens with zero attached hydrogens (tertiary/aromatic N) is 3. The normalized spacial score (nSPS) is 30.4. The Bertz CT molecular complexity index is 764. The van der Waals surface area contributed by atoms with E-state index in [4.69, 9.17) is 16.3 Å². The molecule has 0 spiro atoms. The number of aliphatic hydroxyl groups excluding tert-OH is 3. The summed E-state index contributed by atoms with van der Waals surface area (Å²) in [5.74, 6) is 0. The van der Waals surface area contributed by atoms with Crippen LogP contribution in [0, 0.1) is 0 Å². The van der Waals surface area contributed by atoms with Crippen molar-refractivity contribution in [1.29, 1.82) is 0 Å². The lowest BCUT2D eigenvalue weighted by atomic mass is 10.1. The molecule has 9 heteroatoms. The van der Waals surface area contributed by atoms with Crippen LogP contribution in [0.25, 0.3) is 11.0 Å². The van der Waals surface area contributed by atoms with Crippen molar-refractivity contribution in [2.24, 2.45) is 0 Å². The molecular weight excluding hydrogens is 348 g/mol. The molecule has 25 heavy (non-hydrogen) atoms. The monoisotopic (exact) mass is 368 g/mol. The van der Waals surface area contributed by atoms with Crippen molar-refractivity contribution in [3.63, 3.8) is 0 Å². The molecule has 4 rings (SSSR count). The molecule has 2 aromatic rings. The summed E-state index contributed by atoms with van der Waals surface area (Å²) in [6, 6.07) is 2.17. The van der Waals surface area contributed by atoms with Gasteiger partial charge in [0.1, 0.15) is 23.5 Å². The van der Waals surface area contributed by atoms with Gasteiger partial charge in [-0.05, 0) is 18.9 Å². The van der Waals surface area contributed by atoms with Crippen LogP contribution in [0.2, 0.25) is 5.15 Å². The smallest absolute Gasteiger partial charge is 0.181 e. The molecule has 2 aromatic heterocycles. The van der Waals surface area contributed by atoms with Crippen LogP contribution in [0.1, 0.15) is 31.9 Å². The molecule has 0 bridgehead atoms. The van der Waals surface area contributed by atoms with E-state index in [9.17, 15) is 15.3 Å². The Morgan fingerprint density at radius 1 is 1.28 bits per heavy atom. The van der Waals surface area contributed by atoms with Crippen LogP contribution < -0.4 is 5.32 Å². The molecule has 1 saturated heterocycles. The second-order valence-corrected chi connectivity index (χ2v) is 7.06. The zero-order chi connectivity index (χ0) is 17.6. The molecule has 3 heterocycles. The second kappa shape index (κ2) is 6.69. The van der Waals surface area contributed by atoms with Gasteiger partial charge in [0.2, 0.25) is 0 Å². The Labute approximate surface area is 149 Å². The minimum Gasteiger partial charge on any atom is -0.394 e. The van der Waals surface area contributed by atoms with E-state index in [1.54, 1.807) is 12.3 Å². The van der Waals surface area contributed by atoms with E-state index in [2.05, 4.69) is 15.4 Å². The molecular formula is C16H21ClN4O4. The van der Waals surface area contributed by atoms with Gasteiger partial charge in [-0.2, -0.15) is 5.10 Å². The highest BCUT2D eigenvalue weighted by Gasteiger charge is 2.44.